The van der Waals surface area contributed by atoms with Crippen molar-refractivity contribution in [2.45, 2.75) is 6.92 Å². The van der Waals surface area contributed by atoms with Crippen LogP contribution in [0, 0.1) is 17.0 Å². The molecule has 0 radical (unpaired) electrons. The average molecular weight is 339 g/mol. The number of hydrogen-bond acceptors (Lipinski definition) is 4. The minimum absolute atomic E-state index is 0.154. The molecule has 0 bridgehead atoms. The molecule has 1 amide bonds. The second-order valence-corrected chi connectivity index (χ2v) is 4.94. The molecule has 0 atom stereocenters. The van der Waals surface area contributed by atoms with Crippen molar-refractivity contribution in [2.24, 2.45) is 7.05 Å². The summed E-state index contributed by atoms with van der Waals surface area (Å²) in [6, 6.07) is 6.01. The number of carbonyl (C=O) groups is 1. The highest BCUT2D eigenvalue weighted by Gasteiger charge is 2.20. The van der Waals surface area contributed by atoms with Crippen LogP contribution in [0.3, 0.4) is 0 Å². The quantitative estimate of drug-likeness (QED) is 0.688. The number of anilines is 1. The summed E-state index contributed by atoms with van der Waals surface area (Å²) >= 11 is 3.09. The molecule has 0 spiro atoms. The van der Waals surface area contributed by atoms with Crippen molar-refractivity contribution < 1.29 is 9.72 Å². The summed E-state index contributed by atoms with van der Waals surface area (Å²) in [7, 11) is 1.70. The number of carbonyl (C=O) groups excluding carboxylic acids is 1. The maximum atomic E-state index is 12.2. The second kappa shape index (κ2) is 5.41. The molecule has 2 aromatic rings. The van der Waals surface area contributed by atoms with Crippen molar-refractivity contribution in [1.29, 1.82) is 0 Å². The minimum Gasteiger partial charge on any atom is -0.307 e. The van der Waals surface area contributed by atoms with E-state index in [0.717, 1.165) is 5.69 Å². The SMILES string of the molecule is Cc1cc(NC(=O)c2cccc([N+](=O)[O-])c2Br)n(C)n1. The predicted octanol–water partition coefficient (Wildman–Crippen LogP) is 2.65. The topological polar surface area (TPSA) is 90.1 Å². The van der Waals surface area contributed by atoms with Crippen LogP contribution in [0.4, 0.5) is 11.5 Å². The molecular weight excluding hydrogens is 328 g/mol. The molecule has 1 aromatic carbocycles. The molecule has 7 nitrogen and oxygen atoms in total. The lowest BCUT2D eigenvalue weighted by atomic mass is 10.2. The summed E-state index contributed by atoms with van der Waals surface area (Å²) in [5.74, 6) is 0.0782. The van der Waals surface area contributed by atoms with E-state index in [1.807, 2.05) is 0 Å². The Kier molecular flexibility index (Phi) is 3.84. The lowest BCUT2D eigenvalue weighted by molar-refractivity contribution is -0.385. The number of hydrogen-bond donors (Lipinski definition) is 1. The van der Waals surface area contributed by atoms with Gasteiger partial charge in [-0.25, -0.2) is 0 Å². The fourth-order valence-corrected chi connectivity index (χ4v) is 2.34. The number of amides is 1. The molecular formula is C12H11BrN4O3. The van der Waals surface area contributed by atoms with Gasteiger partial charge < -0.3 is 5.32 Å². The summed E-state index contributed by atoms with van der Waals surface area (Å²) < 4.78 is 1.68. The monoisotopic (exact) mass is 338 g/mol. The molecule has 0 unspecified atom stereocenters. The van der Waals surface area contributed by atoms with Crippen LogP contribution in [0.25, 0.3) is 0 Å². The minimum atomic E-state index is -0.547. The Balaban J connectivity index is 2.32. The van der Waals surface area contributed by atoms with Crippen LogP contribution in [-0.2, 0) is 7.05 Å². The summed E-state index contributed by atoms with van der Waals surface area (Å²) in [6.07, 6.45) is 0. The van der Waals surface area contributed by atoms with Crippen molar-refractivity contribution in [1.82, 2.24) is 9.78 Å². The number of benzene rings is 1. The Hall–Kier alpha value is -2.22. The van der Waals surface area contributed by atoms with Crippen LogP contribution in [0.5, 0.6) is 0 Å². The number of halogens is 1. The highest BCUT2D eigenvalue weighted by molar-refractivity contribution is 9.10. The zero-order valence-corrected chi connectivity index (χ0v) is 12.3. The largest absolute Gasteiger partial charge is 0.307 e. The zero-order chi connectivity index (χ0) is 14.9. The molecule has 8 heteroatoms. The first kappa shape index (κ1) is 14.2. The first-order valence-electron chi connectivity index (χ1n) is 5.65. The zero-order valence-electron chi connectivity index (χ0n) is 10.8. The van der Waals surface area contributed by atoms with Gasteiger partial charge in [-0.15, -0.1) is 0 Å². The number of nitrogens with zero attached hydrogens (tertiary/aromatic N) is 3. The molecule has 1 heterocycles. The number of nitrogens with one attached hydrogen (secondary N) is 1. The molecule has 104 valence electrons. The van der Waals surface area contributed by atoms with E-state index in [0.29, 0.717) is 5.82 Å². The Morgan fingerprint density at radius 3 is 2.75 bits per heavy atom. The fourth-order valence-electron chi connectivity index (χ4n) is 1.75. The molecule has 0 aliphatic carbocycles. The van der Waals surface area contributed by atoms with E-state index in [4.69, 9.17) is 0 Å². The van der Waals surface area contributed by atoms with Crippen LogP contribution in [0.15, 0.2) is 28.7 Å². The van der Waals surface area contributed by atoms with E-state index in [2.05, 4.69) is 26.3 Å². The number of nitro benzene ring substituents is 1. The summed E-state index contributed by atoms with van der Waals surface area (Å²) in [5, 5.41) is 17.6. The first-order valence-corrected chi connectivity index (χ1v) is 6.44. The van der Waals surface area contributed by atoms with Gasteiger partial charge in [0.1, 0.15) is 10.3 Å². The summed E-state index contributed by atoms with van der Waals surface area (Å²) in [4.78, 5) is 22.5. The molecule has 1 N–H and O–H groups in total. The van der Waals surface area contributed by atoms with Gasteiger partial charge in [0, 0.05) is 19.2 Å². The van der Waals surface area contributed by atoms with Crippen molar-refractivity contribution in [2.75, 3.05) is 5.32 Å². The normalized spacial score (nSPS) is 10.3. The number of rotatable bonds is 3. The van der Waals surface area contributed by atoms with Crippen LogP contribution < -0.4 is 5.32 Å². The smallest absolute Gasteiger partial charge is 0.284 e. The maximum absolute atomic E-state index is 12.2. The van der Waals surface area contributed by atoms with Crippen LogP contribution >= 0.6 is 15.9 Å². The van der Waals surface area contributed by atoms with Crippen molar-refractivity contribution in [3.05, 3.63) is 50.1 Å². The lowest BCUT2D eigenvalue weighted by Gasteiger charge is -2.07. The number of nitro groups is 1. The molecule has 0 aliphatic rings. The molecule has 0 saturated heterocycles. The van der Waals surface area contributed by atoms with Crippen LogP contribution in [-0.4, -0.2) is 20.6 Å². The molecule has 0 saturated carbocycles. The van der Waals surface area contributed by atoms with E-state index in [-0.39, 0.29) is 15.7 Å². The summed E-state index contributed by atoms with van der Waals surface area (Å²) in [5.41, 5.74) is 0.804. The third-order valence-electron chi connectivity index (χ3n) is 2.66. The van der Waals surface area contributed by atoms with Crippen molar-refractivity contribution >= 4 is 33.3 Å². The third-order valence-corrected chi connectivity index (χ3v) is 3.50. The second-order valence-electron chi connectivity index (χ2n) is 4.14. The van der Waals surface area contributed by atoms with Crippen LogP contribution in [0.1, 0.15) is 16.1 Å². The van der Waals surface area contributed by atoms with E-state index in [9.17, 15) is 14.9 Å². The van der Waals surface area contributed by atoms with Gasteiger partial charge in [-0.2, -0.15) is 5.10 Å². The molecule has 1 aromatic heterocycles. The number of aromatic nitrogens is 2. The van der Waals surface area contributed by atoms with Gasteiger partial charge in [-0.1, -0.05) is 6.07 Å². The summed E-state index contributed by atoms with van der Waals surface area (Å²) in [6.45, 7) is 1.80. The Bertz CT molecular complexity index is 696. The fraction of sp³-hybridized carbons (Fsp3) is 0.167. The van der Waals surface area contributed by atoms with Gasteiger partial charge in [0.25, 0.3) is 11.6 Å². The van der Waals surface area contributed by atoms with E-state index < -0.39 is 10.8 Å². The highest BCUT2D eigenvalue weighted by Crippen LogP contribution is 2.28. The van der Waals surface area contributed by atoms with Gasteiger partial charge in [0.15, 0.2) is 0 Å². The maximum Gasteiger partial charge on any atom is 0.284 e. The Labute approximate surface area is 122 Å². The van der Waals surface area contributed by atoms with E-state index in [1.165, 1.54) is 22.9 Å². The van der Waals surface area contributed by atoms with Crippen molar-refractivity contribution in [3.8, 4) is 0 Å². The van der Waals surface area contributed by atoms with Gasteiger partial charge in [0.05, 0.1) is 16.2 Å². The third kappa shape index (κ3) is 2.69. The first-order chi connectivity index (χ1) is 9.40. The van der Waals surface area contributed by atoms with Crippen LogP contribution in [0.2, 0.25) is 0 Å². The van der Waals surface area contributed by atoms with Gasteiger partial charge in [0.2, 0.25) is 0 Å². The number of aryl methyl sites for hydroxylation is 2. The average Bonchev–Trinajstić information content (AvgIpc) is 2.67. The molecule has 0 aliphatic heterocycles. The van der Waals surface area contributed by atoms with Gasteiger partial charge in [-0.05, 0) is 28.9 Å². The molecule has 20 heavy (non-hydrogen) atoms. The van der Waals surface area contributed by atoms with E-state index in [1.54, 1.807) is 20.0 Å². The highest BCUT2D eigenvalue weighted by atomic mass is 79.9. The predicted molar refractivity (Wildman–Crippen MR) is 76.7 cm³/mol. The lowest BCUT2D eigenvalue weighted by Crippen LogP contribution is -2.15. The molecule has 0 fully saturated rings. The standard InChI is InChI=1S/C12H11BrN4O3/c1-7-6-10(16(2)15-7)14-12(18)8-4-3-5-9(11(8)13)17(19)20/h3-6H,1-2H3,(H,14,18). The Morgan fingerprint density at radius 2 is 2.20 bits per heavy atom. The van der Waals surface area contributed by atoms with E-state index >= 15 is 0 Å². The van der Waals surface area contributed by atoms with Gasteiger partial charge >= 0.3 is 0 Å². The van der Waals surface area contributed by atoms with Crippen molar-refractivity contribution in [3.63, 3.8) is 0 Å². The van der Waals surface area contributed by atoms with Gasteiger partial charge in [-0.3, -0.25) is 19.6 Å². The molecule has 2 rings (SSSR count). The Morgan fingerprint density at radius 1 is 1.50 bits per heavy atom.